The Labute approximate surface area is 150 Å². The number of hydrogen-bond acceptors (Lipinski definition) is 5. The van der Waals surface area contributed by atoms with Crippen LogP contribution < -0.4 is 10.6 Å². The lowest BCUT2D eigenvalue weighted by Gasteiger charge is -2.06. The zero-order chi connectivity index (χ0) is 18.9. The summed E-state index contributed by atoms with van der Waals surface area (Å²) in [6.45, 7) is 0.386. The number of benzene rings is 2. The normalized spacial score (nSPS) is 10.7. The Hall–Kier alpha value is -3.63. The van der Waals surface area contributed by atoms with Crippen LogP contribution >= 0.6 is 0 Å². The summed E-state index contributed by atoms with van der Waals surface area (Å²) in [4.78, 5) is 22.9. The summed E-state index contributed by atoms with van der Waals surface area (Å²) >= 11 is 0. The molecule has 0 atom stereocenters. The number of carboxylic acid groups (broad SMARTS) is 1. The molecule has 2 aromatic carbocycles. The van der Waals surface area contributed by atoms with E-state index >= 15 is 0 Å². The van der Waals surface area contributed by atoms with Crippen molar-refractivity contribution in [2.75, 3.05) is 5.32 Å². The van der Waals surface area contributed by atoms with Gasteiger partial charge in [-0.3, -0.25) is 4.79 Å². The second-order valence-electron chi connectivity index (χ2n) is 5.36. The molecule has 0 aromatic heterocycles. The van der Waals surface area contributed by atoms with E-state index in [1.54, 1.807) is 12.1 Å². The third kappa shape index (κ3) is 5.19. The van der Waals surface area contributed by atoms with Crippen LogP contribution in [0.3, 0.4) is 0 Å². The molecule has 0 aliphatic carbocycles. The SMILES string of the molecule is N#C/C(=C/NCc1ccc(CO)cc1)C(=O)Nc1ccc(C(=O)O)cc1. The van der Waals surface area contributed by atoms with Gasteiger partial charge in [-0.15, -0.1) is 0 Å². The second-order valence-corrected chi connectivity index (χ2v) is 5.36. The minimum absolute atomic E-state index is 0.0280. The Morgan fingerprint density at radius 3 is 2.19 bits per heavy atom. The molecule has 0 unspecified atom stereocenters. The van der Waals surface area contributed by atoms with Gasteiger partial charge in [-0.05, 0) is 35.4 Å². The molecule has 0 saturated heterocycles. The quantitative estimate of drug-likeness (QED) is 0.447. The number of amides is 1. The average Bonchev–Trinajstić information content (AvgIpc) is 2.66. The van der Waals surface area contributed by atoms with E-state index in [9.17, 15) is 9.59 Å². The van der Waals surface area contributed by atoms with E-state index in [2.05, 4.69) is 10.6 Å². The Morgan fingerprint density at radius 1 is 1.04 bits per heavy atom. The van der Waals surface area contributed by atoms with E-state index in [1.807, 2.05) is 18.2 Å². The lowest BCUT2D eigenvalue weighted by Crippen LogP contribution is -2.16. The fourth-order valence-corrected chi connectivity index (χ4v) is 2.08. The van der Waals surface area contributed by atoms with Crippen LogP contribution in [0.4, 0.5) is 5.69 Å². The highest BCUT2D eigenvalue weighted by molar-refractivity contribution is 6.06. The summed E-state index contributed by atoms with van der Waals surface area (Å²) in [5.41, 5.74) is 2.11. The van der Waals surface area contributed by atoms with Gasteiger partial charge in [0.1, 0.15) is 11.6 Å². The summed E-state index contributed by atoms with van der Waals surface area (Å²) in [6.07, 6.45) is 1.32. The van der Waals surface area contributed by atoms with E-state index in [0.717, 1.165) is 11.1 Å². The van der Waals surface area contributed by atoms with Crippen molar-refractivity contribution in [1.29, 1.82) is 5.26 Å². The predicted octanol–water partition coefficient (Wildman–Crippen LogP) is 2.01. The van der Waals surface area contributed by atoms with Crippen LogP contribution in [-0.4, -0.2) is 22.1 Å². The van der Waals surface area contributed by atoms with Gasteiger partial charge in [0.2, 0.25) is 0 Å². The Bertz CT molecular complexity index is 850. The Kier molecular flexibility index (Phi) is 6.48. The largest absolute Gasteiger partial charge is 0.478 e. The molecule has 0 bridgehead atoms. The molecule has 1 amide bonds. The number of aliphatic hydroxyl groups excluding tert-OH is 1. The van der Waals surface area contributed by atoms with Gasteiger partial charge in [0.05, 0.1) is 12.2 Å². The monoisotopic (exact) mass is 351 g/mol. The highest BCUT2D eigenvalue weighted by Gasteiger charge is 2.10. The molecule has 26 heavy (non-hydrogen) atoms. The molecule has 4 N–H and O–H groups in total. The number of carbonyl (C=O) groups excluding carboxylic acids is 1. The number of carboxylic acids is 1. The molecule has 7 heteroatoms. The van der Waals surface area contributed by atoms with Crippen molar-refractivity contribution in [1.82, 2.24) is 5.32 Å². The molecular formula is C19H17N3O4. The first kappa shape index (κ1) is 18.7. The van der Waals surface area contributed by atoms with Crippen LogP contribution in [0.1, 0.15) is 21.5 Å². The van der Waals surface area contributed by atoms with Gasteiger partial charge in [-0.25, -0.2) is 4.79 Å². The molecule has 2 aromatic rings. The fourth-order valence-electron chi connectivity index (χ4n) is 2.08. The van der Waals surface area contributed by atoms with Gasteiger partial charge in [-0.1, -0.05) is 24.3 Å². The summed E-state index contributed by atoms with van der Waals surface area (Å²) in [5.74, 6) is -1.66. The van der Waals surface area contributed by atoms with Gasteiger partial charge in [0.15, 0.2) is 0 Å². The maximum Gasteiger partial charge on any atom is 0.335 e. The lowest BCUT2D eigenvalue weighted by molar-refractivity contribution is -0.112. The molecule has 0 aliphatic rings. The third-order valence-electron chi connectivity index (χ3n) is 3.51. The third-order valence-corrected chi connectivity index (χ3v) is 3.51. The van der Waals surface area contributed by atoms with Gasteiger partial charge < -0.3 is 20.8 Å². The van der Waals surface area contributed by atoms with Gasteiger partial charge >= 0.3 is 5.97 Å². The zero-order valence-electron chi connectivity index (χ0n) is 13.8. The molecule has 0 radical (unpaired) electrons. The van der Waals surface area contributed by atoms with E-state index in [0.29, 0.717) is 12.2 Å². The van der Waals surface area contributed by atoms with Crippen LogP contribution in [0.25, 0.3) is 0 Å². The van der Waals surface area contributed by atoms with E-state index in [1.165, 1.54) is 30.5 Å². The molecular weight excluding hydrogens is 334 g/mol. The van der Waals surface area contributed by atoms with Crippen molar-refractivity contribution in [3.05, 3.63) is 77.0 Å². The first-order chi connectivity index (χ1) is 12.5. The smallest absolute Gasteiger partial charge is 0.335 e. The summed E-state index contributed by atoms with van der Waals surface area (Å²) in [6, 6.07) is 14.7. The summed E-state index contributed by atoms with van der Waals surface area (Å²) in [5, 5.41) is 32.4. The fraction of sp³-hybridized carbons (Fsp3) is 0.105. The van der Waals surface area contributed by atoms with Crippen molar-refractivity contribution >= 4 is 17.6 Å². The zero-order valence-corrected chi connectivity index (χ0v) is 13.8. The molecule has 0 heterocycles. The number of nitrogens with zero attached hydrogens (tertiary/aromatic N) is 1. The molecule has 0 fully saturated rings. The number of hydrogen-bond donors (Lipinski definition) is 4. The van der Waals surface area contributed by atoms with E-state index in [4.69, 9.17) is 15.5 Å². The Balaban J connectivity index is 1.95. The van der Waals surface area contributed by atoms with Crippen LogP contribution in [0, 0.1) is 11.3 Å². The predicted molar refractivity (Wildman–Crippen MR) is 94.9 cm³/mol. The number of rotatable bonds is 7. The van der Waals surface area contributed by atoms with Crippen LogP contribution in [0.15, 0.2) is 60.3 Å². The molecule has 0 saturated carbocycles. The highest BCUT2D eigenvalue weighted by atomic mass is 16.4. The molecule has 0 aliphatic heterocycles. The first-order valence-corrected chi connectivity index (χ1v) is 7.70. The first-order valence-electron chi connectivity index (χ1n) is 7.70. The second kappa shape index (κ2) is 9.01. The van der Waals surface area contributed by atoms with Crippen molar-refractivity contribution in [2.45, 2.75) is 13.2 Å². The van der Waals surface area contributed by atoms with Crippen LogP contribution in [-0.2, 0) is 17.9 Å². The number of nitrogens with one attached hydrogen (secondary N) is 2. The topological polar surface area (TPSA) is 122 Å². The van der Waals surface area contributed by atoms with Gasteiger partial charge in [0, 0.05) is 18.4 Å². The molecule has 7 nitrogen and oxygen atoms in total. The van der Waals surface area contributed by atoms with Crippen molar-refractivity contribution < 1.29 is 19.8 Å². The van der Waals surface area contributed by atoms with Crippen molar-refractivity contribution in [3.8, 4) is 6.07 Å². The minimum atomic E-state index is -1.06. The van der Waals surface area contributed by atoms with E-state index < -0.39 is 11.9 Å². The van der Waals surface area contributed by atoms with Crippen LogP contribution in [0.2, 0.25) is 0 Å². The van der Waals surface area contributed by atoms with Gasteiger partial charge in [0.25, 0.3) is 5.91 Å². The molecule has 2 rings (SSSR count). The van der Waals surface area contributed by atoms with Crippen LogP contribution in [0.5, 0.6) is 0 Å². The van der Waals surface area contributed by atoms with Gasteiger partial charge in [-0.2, -0.15) is 5.26 Å². The van der Waals surface area contributed by atoms with Crippen molar-refractivity contribution in [3.63, 3.8) is 0 Å². The van der Waals surface area contributed by atoms with Crippen molar-refractivity contribution in [2.24, 2.45) is 0 Å². The maximum atomic E-state index is 12.1. The highest BCUT2D eigenvalue weighted by Crippen LogP contribution is 2.11. The average molecular weight is 351 g/mol. The number of anilines is 1. The summed E-state index contributed by atoms with van der Waals surface area (Å²) < 4.78 is 0. The molecule has 132 valence electrons. The lowest BCUT2D eigenvalue weighted by atomic mass is 10.1. The number of carbonyl (C=O) groups is 2. The number of aromatic carboxylic acids is 1. The van der Waals surface area contributed by atoms with E-state index in [-0.39, 0.29) is 17.7 Å². The minimum Gasteiger partial charge on any atom is -0.478 e. The summed E-state index contributed by atoms with van der Waals surface area (Å²) in [7, 11) is 0. The Morgan fingerprint density at radius 2 is 1.65 bits per heavy atom. The molecule has 0 spiro atoms. The maximum absolute atomic E-state index is 12.1. The number of nitriles is 1. The standard InChI is InChI=1S/C19H17N3O4/c20-9-16(11-21-10-13-1-3-14(12-23)4-2-13)18(24)22-17-7-5-15(6-8-17)19(25)26/h1-8,11,21,23H,10,12H2,(H,22,24)(H,25,26)/b16-11-. The number of aliphatic hydroxyl groups is 1.